The number of nitriles is 1. The van der Waals surface area contributed by atoms with Gasteiger partial charge in [0.25, 0.3) is 5.91 Å². The number of carbonyl (C=O) groups is 1. The highest BCUT2D eigenvalue weighted by atomic mass is 16.1. The number of aromatic amines is 1. The molecule has 0 radical (unpaired) electrons. The number of amides is 1. The van der Waals surface area contributed by atoms with E-state index in [0.717, 1.165) is 16.8 Å². The molecule has 0 bridgehead atoms. The third-order valence-electron chi connectivity index (χ3n) is 4.77. The molecule has 2 N–H and O–H groups in total. The van der Waals surface area contributed by atoms with Crippen LogP contribution in [0.3, 0.4) is 0 Å². The number of aromatic nitrogens is 2. The summed E-state index contributed by atoms with van der Waals surface area (Å²) in [7, 11) is 0. The summed E-state index contributed by atoms with van der Waals surface area (Å²) in [6.45, 7) is 6.00. The van der Waals surface area contributed by atoms with Crippen molar-refractivity contribution >= 4 is 12.0 Å². The molecular weight excluding hydrogens is 348 g/mol. The van der Waals surface area contributed by atoms with Crippen LogP contribution in [0.4, 0.5) is 0 Å². The van der Waals surface area contributed by atoms with Crippen molar-refractivity contribution in [2.24, 2.45) is 0 Å². The van der Waals surface area contributed by atoms with Gasteiger partial charge in [-0.05, 0) is 43.5 Å². The zero-order valence-electron chi connectivity index (χ0n) is 16.2. The first-order valence-electron chi connectivity index (χ1n) is 9.08. The second kappa shape index (κ2) is 8.36. The lowest BCUT2D eigenvalue weighted by Gasteiger charge is -2.15. The minimum atomic E-state index is -0.409. The van der Waals surface area contributed by atoms with Gasteiger partial charge >= 0.3 is 0 Å². The number of aryl methyl sites for hydroxylation is 2. The van der Waals surface area contributed by atoms with Gasteiger partial charge in [-0.1, -0.05) is 48.5 Å². The van der Waals surface area contributed by atoms with Crippen molar-refractivity contribution < 1.29 is 4.79 Å². The molecule has 140 valence electrons. The van der Waals surface area contributed by atoms with Gasteiger partial charge < -0.3 is 5.32 Å². The zero-order chi connectivity index (χ0) is 20.1. The molecule has 1 amide bonds. The van der Waals surface area contributed by atoms with Crippen molar-refractivity contribution in [3.8, 4) is 17.3 Å². The fourth-order valence-electron chi connectivity index (χ4n) is 2.94. The Morgan fingerprint density at radius 1 is 1.18 bits per heavy atom. The number of hydrogen-bond donors (Lipinski definition) is 2. The minimum Gasteiger partial charge on any atom is -0.345 e. The van der Waals surface area contributed by atoms with Crippen molar-refractivity contribution in [1.82, 2.24) is 15.5 Å². The molecule has 0 fully saturated rings. The summed E-state index contributed by atoms with van der Waals surface area (Å²) in [5.74, 6) is -0.409. The summed E-state index contributed by atoms with van der Waals surface area (Å²) in [4.78, 5) is 12.7. The predicted molar refractivity (Wildman–Crippen MR) is 110 cm³/mol. The highest BCUT2D eigenvalue weighted by Crippen LogP contribution is 2.23. The Balaban J connectivity index is 1.82. The van der Waals surface area contributed by atoms with Gasteiger partial charge in [0.1, 0.15) is 11.6 Å². The second-order valence-electron chi connectivity index (χ2n) is 6.78. The van der Waals surface area contributed by atoms with Gasteiger partial charge in [-0.25, -0.2) is 0 Å². The molecule has 5 heteroatoms. The lowest BCUT2D eigenvalue weighted by molar-refractivity contribution is -0.117. The Hall–Kier alpha value is -3.65. The normalized spacial score (nSPS) is 12.3. The van der Waals surface area contributed by atoms with Crippen LogP contribution in [0.25, 0.3) is 17.3 Å². The van der Waals surface area contributed by atoms with E-state index < -0.39 is 5.91 Å². The average molecular weight is 370 g/mol. The third-order valence-corrected chi connectivity index (χ3v) is 4.77. The summed E-state index contributed by atoms with van der Waals surface area (Å²) in [6, 6.07) is 17.5. The van der Waals surface area contributed by atoms with Gasteiger partial charge in [0.15, 0.2) is 0 Å². The van der Waals surface area contributed by atoms with E-state index in [-0.39, 0.29) is 11.6 Å². The summed E-state index contributed by atoms with van der Waals surface area (Å²) < 4.78 is 0. The number of nitrogens with one attached hydrogen (secondary N) is 2. The molecule has 0 unspecified atom stereocenters. The van der Waals surface area contributed by atoms with E-state index in [1.165, 1.54) is 11.1 Å². The molecule has 1 heterocycles. The largest absolute Gasteiger partial charge is 0.345 e. The molecule has 0 spiro atoms. The number of rotatable bonds is 5. The van der Waals surface area contributed by atoms with E-state index in [2.05, 4.69) is 21.6 Å². The summed E-state index contributed by atoms with van der Waals surface area (Å²) in [6.07, 6.45) is 3.17. The first kappa shape index (κ1) is 19.1. The van der Waals surface area contributed by atoms with E-state index >= 15 is 0 Å². The maximum absolute atomic E-state index is 12.7. The van der Waals surface area contributed by atoms with Crippen LogP contribution in [0.2, 0.25) is 0 Å². The van der Waals surface area contributed by atoms with Crippen molar-refractivity contribution in [2.75, 3.05) is 0 Å². The summed E-state index contributed by atoms with van der Waals surface area (Å²) in [5, 5.41) is 19.4. The maximum atomic E-state index is 12.7. The number of benzene rings is 2. The Kier molecular flexibility index (Phi) is 5.71. The van der Waals surface area contributed by atoms with Crippen LogP contribution in [0.15, 0.2) is 60.3 Å². The second-order valence-corrected chi connectivity index (χ2v) is 6.78. The van der Waals surface area contributed by atoms with Crippen molar-refractivity contribution in [2.45, 2.75) is 26.8 Å². The number of hydrogen-bond acceptors (Lipinski definition) is 3. The van der Waals surface area contributed by atoms with Crippen molar-refractivity contribution in [3.63, 3.8) is 0 Å². The highest BCUT2D eigenvalue weighted by molar-refractivity contribution is 6.02. The molecule has 0 saturated carbocycles. The van der Waals surface area contributed by atoms with Crippen LogP contribution < -0.4 is 5.32 Å². The molecule has 3 aromatic rings. The standard InChI is InChI=1S/C23H22N4O/c1-15-9-10-19(11-16(15)2)17(3)26-23(28)20(13-24)12-21-14-25-27-22(21)18-7-5-4-6-8-18/h4-12,14,17H,1-3H3,(H,25,27)(H,26,28)/b20-12+/t17-/m0/s1. The quantitative estimate of drug-likeness (QED) is 0.513. The molecular formula is C23H22N4O. The van der Waals surface area contributed by atoms with Gasteiger partial charge in [-0.15, -0.1) is 0 Å². The van der Waals surface area contributed by atoms with Crippen LogP contribution in [0.1, 0.15) is 35.2 Å². The molecule has 28 heavy (non-hydrogen) atoms. The third kappa shape index (κ3) is 4.18. The Morgan fingerprint density at radius 3 is 2.61 bits per heavy atom. The molecule has 1 atom stereocenters. The molecule has 5 nitrogen and oxygen atoms in total. The molecule has 0 aliphatic heterocycles. The van der Waals surface area contributed by atoms with Crippen LogP contribution in [-0.4, -0.2) is 16.1 Å². The Labute approximate surface area is 164 Å². The number of H-pyrrole nitrogens is 1. The van der Waals surface area contributed by atoms with Gasteiger partial charge in [-0.2, -0.15) is 10.4 Å². The monoisotopic (exact) mass is 370 g/mol. The molecule has 0 saturated heterocycles. The predicted octanol–water partition coefficient (Wildman–Crippen LogP) is 4.48. The minimum absolute atomic E-state index is 0.0364. The molecule has 2 aromatic carbocycles. The van der Waals surface area contributed by atoms with Crippen LogP contribution in [0.5, 0.6) is 0 Å². The molecule has 0 aliphatic rings. The zero-order valence-corrected chi connectivity index (χ0v) is 16.2. The fraction of sp³-hybridized carbons (Fsp3) is 0.174. The van der Waals surface area contributed by atoms with Gasteiger partial charge in [0, 0.05) is 11.1 Å². The number of carbonyl (C=O) groups excluding carboxylic acids is 1. The van der Waals surface area contributed by atoms with Crippen LogP contribution in [-0.2, 0) is 4.79 Å². The summed E-state index contributed by atoms with van der Waals surface area (Å²) >= 11 is 0. The number of nitrogens with zero attached hydrogens (tertiary/aromatic N) is 2. The van der Waals surface area contributed by atoms with E-state index in [1.54, 1.807) is 12.3 Å². The van der Waals surface area contributed by atoms with Crippen molar-refractivity contribution in [3.05, 3.63) is 82.6 Å². The first-order chi connectivity index (χ1) is 13.5. The van der Waals surface area contributed by atoms with Gasteiger partial charge in [-0.3, -0.25) is 9.89 Å². The van der Waals surface area contributed by atoms with E-state index in [1.807, 2.05) is 69.3 Å². The van der Waals surface area contributed by atoms with E-state index in [0.29, 0.717) is 5.56 Å². The van der Waals surface area contributed by atoms with Crippen LogP contribution >= 0.6 is 0 Å². The van der Waals surface area contributed by atoms with E-state index in [4.69, 9.17) is 0 Å². The topological polar surface area (TPSA) is 81.6 Å². The SMILES string of the molecule is Cc1ccc([C@H](C)NC(=O)/C(C#N)=C/c2cn[nH]c2-c2ccccc2)cc1C. The summed E-state index contributed by atoms with van der Waals surface area (Å²) in [5.41, 5.74) is 5.80. The molecule has 1 aromatic heterocycles. The van der Waals surface area contributed by atoms with Crippen LogP contribution in [0, 0.1) is 25.2 Å². The Bertz CT molecular complexity index is 1060. The van der Waals surface area contributed by atoms with Crippen molar-refractivity contribution in [1.29, 1.82) is 5.26 Å². The van der Waals surface area contributed by atoms with Gasteiger partial charge in [0.05, 0.1) is 17.9 Å². The van der Waals surface area contributed by atoms with Gasteiger partial charge in [0.2, 0.25) is 0 Å². The van der Waals surface area contributed by atoms with E-state index in [9.17, 15) is 10.1 Å². The first-order valence-corrected chi connectivity index (χ1v) is 9.08. The molecule has 3 rings (SSSR count). The highest BCUT2D eigenvalue weighted by Gasteiger charge is 2.16. The maximum Gasteiger partial charge on any atom is 0.262 e. The average Bonchev–Trinajstić information content (AvgIpc) is 3.17. The lowest BCUT2D eigenvalue weighted by atomic mass is 10.0. The fourth-order valence-corrected chi connectivity index (χ4v) is 2.94. The Morgan fingerprint density at radius 2 is 1.93 bits per heavy atom. The lowest BCUT2D eigenvalue weighted by Crippen LogP contribution is -2.27. The smallest absolute Gasteiger partial charge is 0.262 e. The molecule has 0 aliphatic carbocycles.